The van der Waals surface area contributed by atoms with E-state index < -0.39 is 39.2 Å². The number of methoxy groups -OCH3 is 4. The molecule has 1 fully saturated rings. The third-order valence-corrected chi connectivity index (χ3v) is 8.79. The summed E-state index contributed by atoms with van der Waals surface area (Å²) in [6.45, 7) is 1.34. The van der Waals surface area contributed by atoms with Gasteiger partial charge in [0.05, 0.1) is 25.3 Å². The molecule has 3 N–H and O–H groups in total. The summed E-state index contributed by atoms with van der Waals surface area (Å²) >= 11 is 5.89. The smallest absolute Gasteiger partial charge is 0.261 e. The molecule has 1 saturated carbocycles. The molecule has 39 heavy (non-hydrogen) atoms. The van der Waals surface area contributed by atoms with Crippen LogP contribution in [0.3, 0.4) is 0 Å². The number of rotatable bonds is 10. The second kappa shape index (κ2) is 12.8. The van der Waals surface area contributed by atoms with Gasteiger partial charge in [0.25, 0.3) is 10.0 Å². The van der Waals surface area contributed by atoms with Crippen molar-refractivity contribution < 1.29 is 32.2 Å². The highest BCUT2D eigenvalue weighted by Gasteiger charge is 2.46. The van der Waals surface area contributed by atoms with Gasteiger partial charge in [0.2, 0.25) is 11.9 Å². The number of aromatic nitrogens is 2. The topological polar surface area (TPSA) is 170 Å². The zero-order valence-corrected chi connectivity index (χ0v) is 23.9. The van der Waals surface area contributed by atoms with Crippen LogP contribution in [0.5, 0.6) is 11.5 Å². The molecule has 4 atom stereocenters. The number of carbonyl (C=O) groups is 1. The number of sulfonamides is 1. The van der Waals surface area contributed by atoms with Gasteiger partial charge in [0, 0.05) is 32.5 Å². The number of anilines is 1. The Morgan fingerprint density at radius 1 is 1.13 bits per heavy atom. The van der Waals surface area contributed by atoms with Gasteiger partial charge in [-0.1, -0.05) is 17.7 Å². The second-order valence-electron chi connectivity index (χ2n) is 8.82. The lowest BCUT2D eigenvalue weighted by Crippen LogP contribution is -2.59. The van der Waals surface area contributed by atoms with Crippen LogP contribution in [-0.4, -0.2) is 74.5 Å². The molecule has 0 radical (unpaired) electrons. The van der Waals surface area contributed by atoms with Gasteiger partial charge in [-0.3, -0.25) is 10.2 Å². The molecule has 1 aromatic carbocycles. The van der Waals surface area contributed by atoms with E-state index in [0.29, 0.717) is 23.7 Å². The number of halogens is 1. The summed E-state index contributed by atoms with van der Waals surface area (Å²) in [6, 6.07) is 4.70. The van der Waals surface area contributed by atoms with Crippen LogP contribution in [0, 0.1) is 11.3 Å². The molecule has 1 aliphatic rings. The van der Waals surface area contributed by atoms with Crippen molar-refractivity contribution in [3.05, 3.63) is 41.4 Å². The molecule has 0 spiro atoms. The number of nitrogens with one attached hydrogen (secondary N) is 1. The summed E-state index contributed by atoms with van der Waals surface area (Å²) in [4.78, 5) is 22.3. The molecule has 0 saturated heterocycles. The molecular formula is C24H33ClN6O7S. The van der Waals surface area contributed by atoms with Gasteiger partial charge in [0.1, 0.15) is 22.9 Å². The molecule has 3 rings (SSSR count). The zero-order valence-electron chi connectivity index (χ0n) is 22.3. The van der Waals surface area contributed by atoms with Crippen molar-refractivity contribution in [2.75, 3.05) is 33.4 Å². The average Bonchev–Trinajstić information content (AvgIpc) is 3.41. The van der Waals surface area contributed by atoms with Gasteiger partial charge >= 0.3 is 0 Å². The monoisotopic (exact) mass is 584 g/mol. The maximum Gasteiger partial charge on any atom is 0.261 e. The highest BCUT2D eigenvalue weighted by Crippen LogP contribution is 2.42. The van der Waals surface area contributed by atoms with Crippen molar-refractivity contribution >= 4 is 39.2 Å². The average molecular weight is 585 g/mol. The number of nitrogens with two attached hydrogens (primary N) is 1. The number of carbonyl (C=O) groups excluding carboxylic acids is 1. The van der Waals surface area contributed by atoms with Crippen molar-refractivity contribution in [1.29, 1.82) is 5.41 Å². The summed E-state index contributed by atoms with van der Waals surface area (Å²) in [5.41, 5.74) is 5.88. The molecule has 2 aromatic rings. The van der Waals surface area contributed by atoms with Crippen LogP contribution in [0.4, 0.5) is 5.69 Å². The first-order valence-electron chi connectivity index (χ1n) is 12.0. The maximum atomic E-state index is 14.2. The first-order valence-corrected chi connectivity index (χ1v) is 13.9. The lowest BCUT2D eigenvalue weighted by Gasteiger charge is -2.38. The Morgan fingerprint density at radius 3 is 2.18 bits per heavy atom. The minimum absolute atomic E-state index is 0.0314. The Bertz CT molecular complexity index is 1260. The van der Waals surface area contributed by atoms with Crippen molar-refractivity contribution in [3.8, 4) is 11.5 Å². The third kappa shape index (κ3) is 6.19. The molecule has 1 amide bonds. The minimum Gasteiger partial charge on any atom is -0.494 e. The van der Waals surface area contributed by atoms with Crippen LogP contribution in [0.25, 0.3) is 0 Å². The quantitative estimate of drug-likeness (QED) is 0.240. The van der Waals surface area contributed by atoms with Crippen molar-refractivity contribution in [1.82, 2.24) is 14.4 Å². The van der Waals surface area contributed by atoms with Crippen molar-refractivity contribution in [2.24, 2.45) is 11.7 Å². The molecule has 13 nitrogen and oxygen atoms in total. The molecule has 214 valence electrons. The Hall–Kier alpha value is -3.20. The van der Waals surface area contributed by atoms with E-state index in [0.717, 1.165) is 5.01 Å². The number of guanidine groups is 1. The molecule has 1 aliphatic carbocycles. The van der Waals surface area contributed by atoms with E-state index in [9.17, 15) is 13.2 Å². The zero-order chi connectivity index (χ0) is 28.9. The number of nitrogens with zero attached hydrogens (tertiary/aromatic N) is 4. The molecule has 0 unspecified atom stereocenters. The number of hydrogen-bond donors (Lipinski definition) is 2. The maximum absolute atomic E-state index is 14.2. The van der Waals surface area contributed by atoms with Crippen LogP contribution in [0.15, 0.2) is 30.6 Å². The van der Waals surface area contributed by atoms with E-state index >= 15 is 0 Å². The third-order valence-electron chi connectivity index (χ3n) is 6.56. The standard InChI is InChI=1S/C24H33ClN6O7S/c1-14(21(38-5)22-28-12-16(25)13-29-22)39(33,34)31(24(26)27)30(23(32)15-9-10-17(11-15)35-2)20-18(36-3)7-6-8-19(20)37-4/h6-8,12-15,17,21H,9-11H2,1-5H3,(H3,26,27)/t14-,15+,17-,21-/m0/s1. The largest absolute Gasteiger partial charge is 0.494 e. The van der Waals surface area contributed by atoms with E-state index in [1.54, 1.807) is 25.3 Å². The number of hydrogen-bond acceptors (Lipinski definition) is 10. The summed E-state index contributed by atoms with van der Waals surface area (Å²) < 4.78 is 50.7. The fraction of sp³-hybridized carbons (Fsp3) is 0.500. The molecule has 1 aromatic heterocycles. The number of amides is 1. The molecule has 0 bridgehead atoms. The SMILES string of the molecule is COc1cccc(OC)c1N(C(=O)[C@@H]1CC[C@H](OC)C1)N(C(=N)N)S(=O)(=O)[C@@H](C)[C@H](OC)c1ncc(Cl)cn1. The predicted molar refractivity (Wildman–Crippen MR) is 144 cm³/mol. The Morgan fingerprint density at radius 2 is 1.72 bits per heavy atom. The molecule has 15 heteroatoms. The van der Waals surface area contributed by atoms with Crippen LogP contribution in [0.2, 0.25) is 5.02 Å². The van der Waals surface area contributed by atoms with Gasteiger partial charge < -0.3 is 24.7 Å². The molecule has 0 aliphatic heterocycles. The first-order chi connectivity index (χ1) is 18.5. The molecule has 1 heterocycles. The molecular weight excluding hydrogens is 552 g/mol. The summed E-state index contributed by atoms with van der Waals surface area (Å²) in [5.74, 6) is -1.90. The van der Waals surface area contributed by atoms with Crippen LogP contribution < -0.4 is 20.2 Å². The lowest BCUT2D eigenvalue weighted by molar-refractivity contribution is -0.124. The number of hydrazine groups is 1. The van der Waals surface area contributed by atoms with Crippen LogP contribution >= 0.6 is 11.6 Å². The van der Waals surface area contributed by atoms with E-state index in [1.165, 1.54) is 40.6 Å². The number of benzene rings is 1. The summed E-state index contributed by atoms with van der Waals surface area (Å²) in [7, 11) is 0.927. The van der Waals surface area contributed by atoms with E-state index in [4.69, 9.17) is 41.7 Å². The minimum atomic E-state index is -4.65. The highest BCUT2D eigenvalue weighted by molar-refractivity contribution is 7.90. The normalized spacial score (nSPS) is 18.7. The number of ether oxygens (including phenoxy) is 4. The van der Waals surface area contributed by atoms with E-state index in [-0.39, 0.29) is 34.1 Å². The van der Waals surface area contributed by atoms with Crippen molar-refractivity contribution in [2.45, 2.75) is 43.6 Å². The number of para-hydroxylation sites is 1. The fourth-order valence-electron chi connectivity index (χ4n) is 4.53. The second-order valence-corrected chi connectivity index (χ2v) is 11.4. The van der Waals surface area contributed by atoms with Crippen LogP contribution in [-0.2, 0) is 24.3 Å². The van der Waals surface area contributed by atoms with Gasteiger partial charge in [-0.05, 0) is 38.3 Å². The summed E-state index contributed by atoms with van der Waals surface area (Å²) in [6.07, 6.45) is 2.62. The first kappa shape index (κ1) is 30.3. The van der Waals surface area contributed by atoms with Crippen molar-refractivity contribution in [3.63, 3.8) is 0 Å². The van der Waals surface area contributed by atoms with Gasteiger partial charge in [-0.15, -0.1) is 4.41 Å². The Labute approximate surface area is 232 Å². The predicted octanol–water partition coefficient (Wildman–Crippen LogP) is 2.51. The van der Waals surface area contributed by atoms with Gasteiger partial charge in [-0.25, -0.2) is 18.4 Å². The highest BCUT2D eigenvalue weighted by atomic mass is 35.5. The van der Waals surface area contributed by atoms with E-state index in [1.807, 2.05) is 0 Å². The lowest BCUT2D eigenvalue weighted by atomic mass is 10.1. The summed E-state index contributed by atoms with van der Waals surface area (Å²) in [5, 5.41) is 8.01. The Balaban J connectivity index is 2.20. The van der Waals surface area contributed by atoms with Gasteiger partial charge in [-0.2, -0.15) is 5.01 Å². The van der Waals surface area contributed by atoms with Crippen LogP contribution in [0.1, 0.15) is 38.1 Å². The Kier molecular flexibility index (Phi) is 9.93. The fourth-order valence-corrected chi connectivity index (χ4v) is 6.15. The van der Waals surface area contributed by atoms with E-state index in [2.05, 4.69) is 9.97 Å². The van der Waals surface area contributed by atoms with Gasteiger partial charge in [0.15, 0.2) is 11.5 Å².